The highest BCUT2D eigenvalue weighted by Gasteiger charge is 2.12. The monoisotopic (exact) mass is 362 g/mol. The van der Waals surface area contributed by atoms with Crippen molar-refractivity contribution >= 4 is 28.7 Å². The normalized spacial score (nSPS) is 11.1. The van der Waals surface area contributed by atoms with Gasteiger partial charge in [-0.2, -0.15) is 5.10 Å². The summed E-state index contributed by atoms with van der Waals surface area (Å²) in [5.41, 5.74) is 6.24. The van der Waals surface area contributed by atoms with Crippen molar-refractivity contribution in [2.24, 2.45) is 5.10 Å². The minimum atomic E-state index is -0.333. The van der Waals surface area contributed by atoms with Gasteiger partial charge in [-0.15, -0.1) is 0 Å². The van der Waals surface area contributed by atoms with Crippen LogP contribution >= 0.6 is 0 Å². The van der Waals surface area contributed by atoms with Gasteiger partial charge < -0.3 is 9.88 Å². The van der Waals surface area contributed by atoms with Crippen molar-refractivity contribution in [1.29, 1.82) is 0 Å². The highest BCUT2D eigenvalue weighted by molar-refractivity contribution is 5.85. The summed E-state index contributed by atoms with van der Waals surface area (Å²) in [7, 11) is 3.94. The predicted octanol–water partition coefficient (Wildman–Crippen LogP) is 2.60. The maximum Gasteiger partial charge on any atom is 0.244 e. The zero-order chi connectivity index (χ0) is 19.4. The molecule has 27 heavy (non-hydrogen) atoms. The van der Waals surface area contributed by atoms with E-state index in [-0.39, 0.29) is 17.8 Å². The Bertz CT molecular complexity index is 1050. The lowest BCUT2D eigenvalue weighted by molar-refractivity contribution is -0.120. The molecule has 2 N–H and O–H groups in total. The molecule has 0 fully saturated rings. The fourth-order valence-electron chi connectivity index (χ4n) is 2.85. The van der Waals surface area contributed by atoms with Crippen LogP contribution in [0, 0.1) is 6.92 Å². The van der Waals surface area contributed by atoms with Crippen LogP contribution in [0.2, 0.25) is 0 Å². The Morgan fingerprint density at radius 1 is 1.15 bits per heavy atom. The number of H-pyrrole nitrogens is 1. The number of aromatic nitrogens is 1. The molecule has 3 aromatic rings. The van der Waals surface area contributed by atoms with E-state index >= 15 is 0 Å². The van der Waals surface area contributed by atoms with E-state index < -0.39 is 0 Å². The Hall–Kier alpha value is -3.41. The van der Waals surface area contributed by atoms with Gasteiger partial charge in [0.25, 0.3) is 0 Å². The third-order valence-electron chi connectivity index (χ3n) is 4.37. The van der Waals surface area contributed by atoms with Crippen LogP contribution in [-0.2, 0) is 11.2 Å². The zero-order valence-electron chi connectivity index (χ0n) is 15.6. The van der Waals surface area contributed by atoms with E-state index in [0.29, 0.717) is 16.6 Å². The zero-order valence-corrected chi connectivity index (χ0v) is 15.6. The van der Waals surface area contributed by atoms with Crippen LogP contribution in [0.4, 0.5) is 5.69 Å². The van der Waals surface area contributed by atoms with E-state index in [1.165, 1.54) is 0 Å². The molecule has 0 atom stereocenters. The number of carbonyl (C=O) groups is 1. The van der Waals surface area contributed by atoms with Crippen molar-refractivity contribution < 1.29 is 4.79 Å². The van der Waals surface area contributed by atoms with Crippen LogP contribution in [0.1, 0.15) is 16.8 Å². The number of anilines is 1. The van der Waals surface area contributed by atoms with E-state index in [9.17, 15) is 9.59 Å². The molecule has 1 aromatic heterocycles. The molecule has 0 aliphatic rings. The summed E-state index contributed by atoms with van der Waals surface area (Å²) in [5.74, 6) is -0.333. The molecule has 0 aliphatic carbocycles. The first kappa shape index (κ1) is 18.4. The number of hydrazone groups is 1. The maximum atomic E-state index is 12.6. The average Bonchev–Trinajstić information content (AvgIpc) is 2.65. The van der Waals surface area contributed by atoms with Gasteiger partial charge in [-0.1, -0.05) is 24.3 Å². The van der Waals surface area contributed by atoms with Gasteiger partial charge >= 0.3 is 0 Å². The minimum absolute atomic E-state index is 0.0249. The highest BCUT2D eigenvalue weighted by Crippen LogP contribution is 2.12. The molecule has 0 aliphatic heterocycles. The Kier molecular flexibility index (Phi) is 5.35. The number of pyridine rings is 1. The molecule has 0 radical (unpaired) electrons. The standard InChI is InChI=1S/C21H22N4O2/c1-14-18(21(27)17-6-4-5-7-19(17)23-14)12-20(26)24-22-13-15-8-10-16(11-9-15)25(2)3/h4-11,13H,12H2,1-3H3,(H,23,27)(H,24,26). The molecule has 6 heteroatoms. The summed E-state index contributed by atoms with van der Waals surface area (Å²) in [6.45, 7) is 1.80. The van der Waals surface area contributed by atoms with Gasteiger partial charge in [0.1, 0.15) is 0 Å². The Balaban J connectivity index is 1.69. The van der Waals surface area contributed by atoms with Crippen LogP contribution in [-0.4, -0.2) is 31.2 Å². The SMILES string of the molecule is Cc1[nH]c2ccccc2c(=O)c1CC(=O)NN=Cc1ccc(N(C)C)cc1. The Morgan fingerprint density at radius 2 is 1.85 bits per heavy atom. The lowest BCUT2D eigenvalue weighted by atomic mass is 10.1. The van der Waals surface area contributed by atoms with Crippen molar-refractivity contribution in [3.8, 4) is 0 Å². The fourth-order valence-corrected chi connectivity index (χ4v) is 2.85. The summed E-state index contributed by atoms with van der Waals surface area (Å²) in [4.78, 5) is 30.0. The highest BCUT2D eigenvalue weighted by atomic mass is 16.2. The number of para-hydroxylation sites is 1. The van der Waals surface area contributed by atoms with Gasteiger partial charge in [0.2, 0.25) is 5.91 Å². The van der Waals surface area contributed by atoms with E-state index in [4.69, 9.17) is 0 Å². The molecule has 0 spiro atoms. The number of hydrogen-bond donors (Lipinski definition) is 2. The van der Waals surface area contributed by atoms with Gasteiger partial charge in [0, 0.05) is 41.9 Å². The number of nitrogens with zero attached hydrogens (tertiary/aromatic N) is 2. The topological polar surface area (TPSA) is 77.6 Å². The first-order valence-corrected chi connectivity index (χ1v) is 8.65. The van der Waals surface area contributed by atoms with Crippen LogP contribution in [0.15, 0.2) is 58.4 Å². The van der Waals surface area contributed by atoms with Gasteiger partial charge in [-0.3, -0.25) is 9.59 Å². The summed E-state index contributed by atoms with van der Waals surface area (Å²) in [6.07, 6.45) is 1.55. The molecule has 2 aromatic carbocycles. The number of rotatable bonds is 5. The number of aryl methyl sites for hydroxylation is 1. The van der Waals surface area contributed by atoms with Crippen molar-refractivity contribution in [2.75, 3.05) is 19.0 Å². The van der Waals surface area contributed by atoms with Crippen molar-refractivity contribution in [1.82, 2.24) is 10.4 Å². The van der Waals surface area contributed by atoms with Gasteiger partial charge in [-0.25, -0.2) is 5.43 Å². The number of carbonyl (C=O) groups excluding carboxylic acids is 1. The third-order valence-corrected chi connectivity index (χ3v) is 4.37. The number of nitrogens with one attached hydrogen (secondary N) is 2. The van der Waals surface area contributed by atoms with Gasteiger partial charge in [0.05, 0.1) is 12.6 Å². The van der Waals surface area contributed by atoms with Gasteiger partial charge in [-0.05, 0) is 36.8 Å². The molecule has 0 bridgehead atoms. The van der Waals surface area contributed by atoms with Crippen LogP contribution in [0.3, 0.4) is 0 Å². The molecular weight excluding hydrogens is 340 g/mol. The minimum Gasteiger partial charge on any atom is -0.378 e. The van der Waals surface area contributed by atoms with Crippen LogP contribution in [0.5, 0.6) is 0 Å². The summed E-state index contributed by atoms with van der Waals surface area (Å²) in [5, 5.41) is 4.56. The molecule has 0 saturated heterocycles. The summed E-state index contributed by atoms with van der Waals surface area (Å²) >= 11 is 0. The molecule has 1 heterocycles. The lowest BCUT2D eigenvalue weighted by Crippen LogP contribution is -2.24. The van der Waals surface area contributed by atoms with E-state index in [1.807, 2.05) is 61.5 Å². The predicted molar refractivity (Wildman–Crippen MR) is 110 cm³/mol. The fraction of sp³-hybridized carbons (Fsp3) is 0.190. The molecular formula is C21H22N4O2. The largest absolute Gasteiger partial charge is 0.378 e. The first-order valence-electron chi connectivity index (χ1n) is 8.65. The number of benzene rings is 2. The summed E-state index contributed by atoms with van der Waals surface area (Å²) in [6, 6.07) is 15.1. The molecule has 0 unspecified atom stereocenters. The van der Waals surface area contributed by atoms with Crippen molar-refractivity contribution in [3.63, 3.8) is 0 Å². The second-order valence-corrected chi connectivity index (χ2v) is 6.56. The quantitative estimate of drug-likeness (QED) is 0.541. The molecule has 1 amide bonds. The second kappa shape index (κ2) is 7.86. The smallest absolute Gasteiger partial charge is 0.244 e. The Labute approximate surface area is 157 Å². The number of hydrogen-bond acceptors (Lipinski definition) is 4. The van der Waals surface area contributed by atoms with Crippen LogP contribution in [0.25, 0.3) is 10.9 Å². The lowest BCUT2D eigenvalue weighted by Gasteiger charge is -2.11. The molecule has 6 nitrogen and oxygen atoms in total. The first-order chi connectivity index (χ1) is 13.0. The third kappa shape index (κ3) is 4.23. The van der Waals surface area contributed by atoms with Crippen LogP contribution < -0.4 is 15.8 Å². The molecule has 138 valence electrons. The summed E-state index contributed by atoms with van der Waals surface area (Å²) < 4.78 is 0. The second-order valence-electron chi connectivity index (χ2n) is 6.56. The van der Waals surface area contributed by atoms with Gasteiger partial charge in [0.15, 0.2) is 5.43 Å². The maximum absolute atomic E-state index is 12.6. The van der Waals surface area contributed by atoms with Crippen molar-refractivity contribution in [2.45, 2.75) is 13.3 Å². The number of fused-ring (bicyclic) bond motifs is 1. The number of amides is 1. The average molecular weight is 362 g/mol. The molecule has 0 saturated carbocycles. The molecule has 3 rings (SSSR count). The van der Waals surface area contributed by atoms with E-state index in [2.05, 4.69) is 15.5 Å². The Morgan fingerprint density at radius 3 is 2.56 bits per heavy atom. The van der Waals surface area contributed by atoms with E-state index in [0.717, 1.165) is 16.8 Å². The van der Waals surface area contributed by atoms with Crippen molar-refractivity contribution in [3.05, 3.63) is 75.6 Å². The van der Waals surface area contributed by atoms with E-state index in [1.54, 1.807) is 19.2 Å². The number of aromatic amines is 1.